The van der Waals surface area contributed by atoms with Crippen molar-refractivity contribution in [2.75, 3.05) is 18.6 Å². The first-order valence-electron chi connectivity index (χ1n) is 9.76. The van der Waals surface area contributed by atoms with E-state index in [0.717, 1.165) is 40.9 Å². The lowest BCUT2D eigenvalue weighted by atomic mass is 10.2. The molecule has 29 heavy (non-hydrogen) atoms. The molecule has 0 N–H and O–H groups in total. The molecule has 2 heterocycles. The topological polar surface area (TPSA) is 60.2 Å². The Labute approximate surface area is 174 Å². The summed E-state index contributed by atoms with van der Waals surface area (Å²) in [4.78, 5) is 15.0. The molecule has 1 unspecified atom stereocenters. The lowest BCUT2D eigenvalue weighted by Gasteiger charge is -2.21. The van der Waals surface area contributed by atoms with E-state index >= 15 is 0 Å². The third kappa shape index (κ3) is 3.62. The fraction of sp³-hybridized carbons (Fsp3) is 0.318. The zero-order valence-electron chi connectivity index (χ0n) is 16.8. The zero-order valence-corrected chi connectivity index (χ0v) is 17.6. The van der Waals surface area contributed by atoms with Gasteiger partial charge in [0.15, 0.2) is 11.0 Å². The SMILES string of the molecule is CCn1c(SC(C)C(=O)N2CCc3ccccc32)nnc1-c1ccccc1OC. The Bertz CT molecular complexity index is 1030. The monoisotopic (exact) mass is 408 g/mol. The minimum absolute atomic E-state index is 0.101. The van der Waals surface area contributed by atoms with Gasteiger partial charge in [-0.1, -0.05) is 42.1 Å². The number of nitrogens with zero attached hydrogens (tertiary/aromatic N) is 4. The second kappa shape index (κ2) is 8.29. The van der Waals surface area contributed by atoms with Gasteiger partial charge in [0, 0.05) is 18.8 Å². The predicted molar refractivity (Wildman–Crippen MR) is 116 cm³/mol. The van der Waals surface area contributed by atoms with Crippen LogP contribution in [0.1, 0.15) is 19.4 Å². The molecule has 150 valence electrons. The van der Waals surface area contributed by atoms with Crippen molar-refractivity contribution < 1.29 is 9.53 Å². The van der Waals surface area contributed by atoms with Gasteiger partial charge in [0.25, 0.3) is 0 Å². The molecule has 1 atom stereocenters. The molecule has 0 aliphatic carbocycles. The lowest BCUT2D eigenvalue weighted by Crippen LogP contribution is -2.35. The van der Waals surface area contributed by atoms with E-state index in [-0.39, 0.29) is 11.2 Å². The second-order valence-electron chi connectivity index (χ2n) is 6.88. The Balaban J connectivity index is 1.57. The van der Waals surface area contributed by atoms with Crippen molar-refractivity contribution in [3.05, 3.63) is 54.1 Å². The molecule has 0 fully saturated rings. The summed E-state index contributed by atoms with van der Waals surface area (Å²) >= 11 is 1.45. The van der Waals surface area contributed by atoms with E-state index in [0.29, 0.717) is 6.54 Å². The van der Waals surface area contributed by atoms with Crippen molar-refractivity contribution in [2.45, 2.75) is 37.2 Å². The Morgan fingerprint density at radius 2 is 1.93 bits per heavy atom. The minimum Gasteiger partial charge on any atom is -0.496 e. The van der Waals surface area contributed by atoms with E-state index in [1.807, 2.05) is 58.9 Å². The summed E-state index contributed by atoms with van der Waals surface area (Å²) in [6, 6.07) is 15.9. The molecule has 0 saturated heterocycles. The highest BCUT2D eigenvalue weighted by molar-refractivity contribution is 8.00. The molecule has 1 aliphatic heterocycles. The van der Waals surface area contributed by atoms with Gasteiger partial charge in [0.05, 0.1) is 17.9 Å². The van der Waals surface area contributed by atoms with Gasteiger partial charge in [-0.25, -0.2) is 0 Å². The quantitative estimate of drug-likeness (QED) is 0.576. The minimum atomic E-state index is -0.263. The Hall–Kier alpha value is -2.80. The summed E-state index contributed by atoms with van der Waals surface area (Å²) in [6.07, 6.45) is 0.905. The summed E-state index contributed by atoms with van der Waals surface area (Å²) in [7, 11) is 1.65. The number of benzene rings is 2. The van der Waals surface area contributed by atoms with E-state index in [2.05, 4.69) is 23.2 Å². The molecular formula is C22H24N4O2S. The molecule has 0 bridgehead atoms. The molecule has 3 aromatic rings. The van der Waals surface area contributed by atoms with Gasteiger partial charge in [0.2, 0.25) is 5.91 Å². The van der Waals surface area contributed by atoms with Gasteiger partial charge in [-0.15, -0.1) is 10.2 Å². The molecule has 0 radical (unpaired) electrons. The number of methoxy groups -OCH3 is 1. The van der Waals surface area contributed by atoms with Crippen LogP contribution in [0, 0.1) is 0 Å². The van der Waals surface area contributed by atoms with E-state index < -0.39 is 0 Å². The van der Waals surface area contributed by atoms with Crippen LogP contribution in [0.3, 0.4) is 0 Å². The maximum absolute atomic E-state index is 13.1. The van der Waals surface area contributed by atoms with Gasteiger partial charge in [-0.3, -0.25) is 4.79 Å². The number of aromatic nitrogens is 3. The van der Waals surface area contributed by atoms with Crippen molar-refractivity contribution in [3.63, 3.8) is 0 Å². The first-order valence-corrected chi connectivity index (χ1v) is 10.6. The number of amides is 1. The molecule has 1 amide bonds. The number of rotatable bonds is 6. The van der Waals surface area contributed by atoms with Gasteiger partial charge in [-0.05, 0) is 44.0 Å². The predicted octanol–water partition coefficient (Wildman–Crippen LogP) is 4.04. The van der Waals surface area contributed by atoms with Crippen molar-refractivity contribution >= 4 is 23.4 Å². The third-order valence-corrected chi connectivity index (χ3v) is 6.23. The molecule has 0 spiro atoms. The molecule has 6 nitrogen and oxygen atoms in total. The number of para-hydroxylation sites is 2. The highest BCUT2D eigenvalue weighted by Gasteiger charge is 2.29. The van der Waals surface area contributed by atoms with Crippen LogP contribution in [-0.4, -0.2) is 39.6 Å². The van der Waals surface area contributed by atoms with Crippen LogP contribution in [0.5, 0.6) is 5.75 Å². The van der Waals surface area contributed by atoms with Crippen LogP contribution in [0.15, 0.2) is 53.7 Å². The molecule has 4 rings (SSSR count). The van der Waals surface area contributed by atoms with Crippen molar-refractivity contribution in [3.8, 4) is 17.1 Å². The maximum Gasteiger partial charge on any atom is 0.240 e. The highest BCUT2D eigenvalue weighted by Crippen LogP contribution is 2.34. The first kappa shape index (κ1) is 19.5. The van der Waals surface area contributed by atoms with Crippen LogP contribution in [0.2, 0.25) is 0 Å². The summed E-state index contributed by atoms with van der Waals surface area (Å²) in [5.74, 6) is 1.60. The summed E-state index contributed by atoms with van der Waals surface area (Å²) in [5, 5.41) is 9.26. The van der Waals surface area contributed by atoms with Gasteiger partial charge in [-0.2, -0.15) is 0 Å². The Morgan fingerprint density at radius 1 is 1.17 bits per heavy atom. The van der Waals surface area contributed by atoms with Gasteiger partial charge < -0.3 is 14.2 Å². The normalized spacial score (nSPS) is 14.0. The summed E-state index contributed by atoms with van der Waals surface area (Å²) < 4.78 is 7.51. The van der Waals surface area contributed by atoms with Gasteiger partial charge >= 0.3 is 0 Å². The van der Waals surface area contributed by atoms with Crippen molar-refractivity contribution in [1.29, 1.82) is 0 Å². The van der Waals surface area contributed by atoms with Crippen LogP contribution in [0.4, 0.5) is 5.69 Å². The molecule has 2 aromatic carbocycles. The number of fused-ring (bicyclic) bond motifs is 1. The number of thioether (sulfide) groups is 1. The smallest absolute Gasteiger partial charge is 0.240 e. The van der Waals surface area contributed by atoms with E-state index in [4.69, 9.17) is 4.74 Å². The second-order valence-corrected chi connectivity index (χ2v) is 8.19. The fourth-order valence-corrected chi connectivity index (χ4v) is 4.66. The number of hydrogen-bond acceptors (Lipinski definition) is 5. The fourth-order valence-electron chi connectivity index (χ4n) is 3.68. The Kier molecular flexibility index (Phi) is 5.58. The van der Waals surface area contributed by atoms with Crippen LogP contribution < -0.4 is 9.64 Å². The standard InChI is InChI=1S/C22H24N4O2S/c1-4-25-20(17-10-6-8-12-19(17)28-3)23-24-22(25)29-15(2)21(27)26-14-13-16-9-5-7-11-18(16)26/h5-12,15H,4,13-14H2,1-3H3. The number of anilines is 1. The van der Waals surface area contributed by atoms with E-state index in [9.17, 15) is 4.79 Å². The zero-order chi connectivity index (χ0) is 20.4. The molecular weight excluding hydrogens is 384 g/mol. The summed E-state index contributed by atoms with van der Waals surface area (Å²) in [6.45, 7) is 5.42. The largest absolute Gasteiger partial charge is 0.496 e. The van der Waals surface area contributed by atoms with Crippen LogP contribution in [0.25, 0.3) is 11.4 Å². The van der Waals surface area contributed by atoms with E-state index in [1.165, 1.54) is 17.3 Å². The van der Waals surface area contributed by atoms with Crippen LogP contribution >= 0.6 is 11.8 Å². The average Bonchev–Trinajstić information content (AvgIpc) is 3.37. The number of carbonyl (C=O) groups excluding carboxylic acids is 1. The van der Waals surface area contributed by atoms with Gasteiger partial charge in [0.1, 0.15) is 5.75 Å². The summed E-state index contributed by atoms with van der Waals surface area (Å²) in [5.41, 5.74) is 3.15. The molecule has 1 aliphatic rings. The highest BCUT2D eigenvalue weighted by atomic mass is 32.2. The first-order chi connectivity index (χ1) is 14.1. The molecule has 0 saturated carbocycles. The van der Waals surface area contributed by atoms with Crippen LogP contribution in [-0.2, 0) is 17.8 Å². The number of hydrogen-bond donors (Lipinski definition) is 0. The van der Waals surface area contributed by atoms with Crippen molar-refractivity contribution in [2.24, 2.45) is 0 Å². The lowest BCUT2D eigenvalue weighted by molar-refractivity contribution is -0.117. The van der Waals surface area contributed by atoms with Crippen molar-refractivity contribution in [1.82, 2.24) is 14.8 Å². The Morgan fingerprint density at radius 3 is 2.72 bits per heavy atom. The van der Waals surface area contributed by atoms with E-state index in [1.54, 1.807) is 7.11 Å². The maximum atomic E-state index is 13.1. The molecule has 7 heteroatoms. The third-order valence-electron chi connectivity index (χ3n) is 5.16. The number of ether oxygens (including phenoxy) is 1. The average molecular weight is 409 g/mol. The number of carbonyl (C=O) groups is 1. The molecule has 1 aromatic heterocycles.